The van der Waals surface area contributed by atoms with Crippen molar-refractivity contribution in [2.24, 2.45) is 0 Å². The van der Waals surface area contributed by atoms with Gasteiger partial charge in [0, 0.05) is 27.3 Å². The zero-order chi connectivity index (χ0) is 24.8. The third-order valence-corrected chi connectivity index (χ3v) is 7.29. The van der Waals surface area contributed by atoms with Crippen molar-refractivity contribution in [2.75, 3.05) is 16.3 Å². The van der Waals surface area contributed by atoms with Crippen LogP contribution >= 0.6 is 27.5 Å². The van der Waals surface area contributed by atoms with Gasteiger partial charge in [-0.15, -0.1) is 0 Å². The Balaban J connectivity index is 1.77. The number of rotatable bonds is 4. The Kier molecular flexibility index (Phi) is 6.62. The average molecular weight is 545 g/mol. The van der Waals surface area contributed by atoms with Crippen LogP contribution in [0.1, 0.15) is 57.6 Å². The van der Waals surface area contributed by atoms with Gasteiger partial charge in [0.2, 0.25) is 0 Å². The van der Waals surface area contributed by atoms with Crippen molar-refractivity contribution in [1.82, 2.24) is 5.32 Å². The first-order chi connectivity index (χ1) is 16.0. The van der Waals surface area contributed by atoms with Crippen LogP contribution in [0.2, 0.25) is 5.02 Å². The maximum atomic E-state index is 13.2. The van der Waals surface area contributed by atoms with Crippen molar-refractivity contribution in [2.45, 2.75) is 52.0 Å². The van der Waals surface area contributed by atoms with Crippen LogP contribution in [0.25, 0.3) is 6.08 Å². The van der Waals surface area contributed by atoms with E-state index in [0.29, 0.717) is 16.3 Å². The van der Waals surface area contributed by atoms with Crippen LogP contribution in [0.15, 0.2) is 46.4 Å². The van der Waals surface area contributed by atoms with Crippen molar-refractivity contribution in [3.63, 3.8) is 0 Å². The van der Waals surface area contributed by atoms with Crippen LogP contribution < -0.4 is 15.1 Å². The normalized spacial score (nSPS) is 21.1. The number of carbonyl (C=O) groups is 3. The minimum atomic E-state index is -0.780. The highest BCUT2D eigenvalue weighted by Gasteiger charge is 2.38. The van der Waals surface area contributed by atoms with Crippen molar-refractivity contribution >= 4 is 62.8 Å². The molecule has 0 aromatic heterocycles. The molecule has 1 fully saturated rings. The summed E-state index contributed by atoms with van der Waals surface area (Å²) in [5, 5.41) is 2.71. The quantitative estimate of drug-likeness (QED) is 0.364. The lowest BCUT2D eigenvalue weighted by Crippen LogP contribution is -2.54. The Bertz CT molecular complexity index is 1210. The summed E-state index contributed by atoms with van der Waals surface area (Å²) >= 11 is 10.0. The maximum Gasteiger partial charge on any atom is 0.335 e. The lowest BCUT2D eigenvalue weighted by molar-refractivity contribution is -0.122. The van der Waals surface area contributed by atoms with E-state index in [4.69, 9.17) is 11.6 Å². The van der Waals surface area contributed by atoms with Gasteiger partial charge in [-0.2, -0.15) is 0 Å². The number of benzene rings is 2. The first-order valence-electron chi connectivity index (χ1n) is 11.3. The van der Waals surface area contributed by atoms with Crippen LogP contribution in [0.3, 0.4) is 0 Å². The monoisotopic (exact) mass is 543 g/mol. The highest BCUT2D eigenvalue weighted by atomic mass is 79.9. The van der Waals surface area contributed by atoms with Crippen LogP contribution in [-0.2, 0) is 9.59 Å². The number of hydrogen-bond acceptors (Lipinski definition) is 4. The molecule has 2 heterocycles. The summed E-state index contributed by atoms with van der Waals surface area (Å²) in [4.78, 5) is 41.7. The number of imide groups is 2. The smallest absolute Gasteiger partial charge is 0.335 e. The lowest BCUT2D eigenvalue weighted by atomic mass is 9.79. The molecule has 4 amide bonds. The molecule has 2 aromatic carbocycles. The van der Waals surface area contributed by atoms with Gasteiger partial charge >= 0.3 is 6.03 Å². The predicted octanol–water partition coefficient (Wildman–Crippen LogP) is 6.27. The van der Waals surface area contributed by atoms with E-state index in [2.05, 4.69) is 53.8 Å². The highest BCUT2D eigenvalue weighted by molar-refractivity contribution is 9.10. The van der Waals surface area contributed by atoms with Crippen molar-refractivity contribution < 1.29 is 14.4 Å². The van der Waals surface area contributed by atoms with Crippen molar-refractivity contribution in [1.29, 1.82) is 0 Å². The molecule has 1 saturated heterocycles. The zero-order valence-corrected chi connectivity index (χ0v) is 22.0. The third-order valence-electron chi connectivity index (χ3n) is 6.44. The maximum absolute atomic E-state index is 13.2. The molecule has 2 aliphatic heterocycles. The molecule has 0 aliphatic carbocycles. The molecule has 4 rings (SSSR count). The summed E-state index contributed by atoms with van der Waals surface area (Å²) < 4.78 is 0.809. The van der Waals surface area contributed by atoms with Gasteiger partial charge in [-0.05, 0) is 86.2 Å². The number of urea groups is 1. The second-order valence-electron chi connectivity index (χ2n) is 9.44. The van der Waals surface area contributed by atoms with Gasteiger partial charge < -0.3 is 4.90 Å². The molecule has 0 bridgehead atoms. The van der Waals surface area contributed by atoms with E-state index >= 15 is 0 Å². The van der Waals surface area contributed by atoms with Gasteiger partial charge in [-0.1, -0.05) is 41.4 Å². The SMILES string of the molecule is CCCN1c2cc(Cl)c(/C=C3/C(=O)NC(=O)N(c4ccc(Br)cc4)C3=O)cc2C(C)CC1(C)C. The van der Waals surface area contributed by atoms with Gasteiger partial charge in [-0.25, -0.2) is 9.69 Å². The number of amides is 4. The Hall–Kier alpha value is -2.64. The molecule has 1 N–H and O–H groups in total. The number of hydrogen-bond donors (Lipinski definition) is 1. The molecule has 6 nitrogen and oxygen atoms in total. The number of fused-ring (bicyclic) bond motifs is 1. The fourth-order valence-electron chi connectivity index (χ4n) is 4.92. The molecule has 34 heavy (non-hydrogen) atoms. The number of barbiturate groups is 1. The Labute approximate surface area is 213 Å². The zero-order valence-electron chi connectivity index (χ0n) is 19.6. The molecule has 0 spiro atoms. The minimum absolute atomic E-state index is 0.00347. The van der Waals surface area contributed by atoms with E-state index in [1.54, 1.807) is 24.3 Å². The molecule has 2 aromatic rings. The highest BCUT2D eigenvalue weighted by Crippen LogP contribution is 2.45. The van der Waals surface area contributed by atoms with E-state index in [9.17, 15) is 14.4 Å². The molecule has 1 atom stereocenters. The first kappa shape index (κ1) is 24.5. The van der Waals surface area contributed by atoms with E-state index < -0.39 is 17.8 Å². The fraction of sp³-hybridized carbons (Fsp3) is 0.346. The summed E-state index contributed by atoms with van der Waals surface area (Å²) in [5.74, 6) is -1.14. The fourth-order valence-corrected chi connectivity index (χ4v) is 5.39. The van der Waals surface area contributed by atoms with Crippen LogP contribution in [0.4, 0.5) is 16.2 Å². The Morgan fingerprint density at radius 3 is 2.50 bits per heavy atom. The van der Waals surface area contributed by atoms with E-state index in [-0.39, 0.29) is 17.0 Å². The molecule has 0 saturated carbocycles. The lowest BCUT2D eigenvalue weighted by Gasteiger charge is -2.47. The van der Waals surface area contributed by atoms with E-state index in [1.165, 1.54) is 6.08 Å². The summed E-state index contributed by atoms with van der Waals surface area (Å²) in [6.07, 6.45) is 3.47. The number of carbonyl (C=O) groups excluding carboxylic acids is 3. The molecular formula is C26H27BrClN3O3. The summed E-state index contributed by atoms with van der Waals surface area (Å²) in [6, 6.07) is 9.83. The summed E-state index contributed by atoms with van der Waals surface area (Å²) in [5.41, 5.74) is 3.02. The van der Waals surface area contributed by atoms with Gasteiger partial charge in [0.05, 0.1) is 5.69 Å². The van der Waals surface area contributed by atoms with Crippen LogP contribution in [-0.4, -0.2) is 29.9 Å². The molecule has 2 aliphatic rings. The number of halogens is 2. The molecule has 178 valence electrons. The van der Waals surface area contributed by atoms with Crippen molar-refractivity contribution in [3.05, 3.63) is 62.6 Å². The van der Waals surface area contributed by atoms with E-state index in [1.807, 2.05) is 12.1 Å². The average Bonchev–Trinajstić information content (AvgIpc) is 2.75. The van der Waals surface area contributed by atoms with Crippen LogP contribution in [0.5, 0.6) is 0 Å². The van der Waals surface area contributed by atoms with Crippen molar-refractivity contribution in [3.8, 4) is 0 Å². The summed E-state index contributed by atoms with van der Waals surface area (Å²) in [6.45, 7) is 9.73. The minimum Gasteiger partial charge on any atom is -0.366 e. The topological polar surface area (TPSA) is 69.7 Å². The predicted molar refractivity (Wildman–Crippen MR) is 139 cm³/mol. The molecule has 0 radical (unpaired) electrons. The molecule has 1 unspecified atom stereocenters. The Morgan fingerprint density at radius 2 is 1.85 bits per heavy atom. The standard InChI is InChI=1S/C26H27BrClN3O3/c1-5-10-30-22-13-21(28)16(11-19(22)15(2)14-26(30,3)4)12-20-23(32)29-25(34)31(24(20)33)18-8-6-17(27)7-9-18/h6-9,11-13,15H,5,10,14H2,1-4H3,(H,29,32,34)/b20-12-. The van der Waals surface area contributed by atoms with Crippen LogP contribution in [0, 0.1) is 0 Å². The number of nitrogens with zero attached hydrogens (tertiary/aromatic N) is 2. The second-order valence-corrected chi connectivity index (χ2v) is 10.8. The second kappa shape index (κ2) is 9.19. The van der Waals surface area contributed by atoms with Gasteiger partial charge in [0.25, 0.3) is 11.8 Å². The number of nitrogens with one attached hydrogen (secondary N) is 1. The largest absolute Gasteiger partial charge is 0.366 e. The first-order valence-corrected chi connectivity index (χ1v) is 12.5. The van der Waals surface area contributed by atoms with Gasteiger partial charge in [0.1, 0.15) is 5.57 Å². The number of anilines is 2. The van der Waals surface area contributed by atoms with E-state index in [0.717, 1.165) is 40.0 Å². The Morgan fingerprint density at radius 1 is 1.18 bits per heavy atom. The molecule has 8 heteroatoms. The summed E-state index contributed by atoms with van der Waals surface area (Å²) in [7, 11) is 0. The molecular weight excluding hydrogens is 518 g/mol. The van der Waals surface area contributed by atoms with Gasteiger partial charge in [-0.3, -0.25) is 14.9 Å². The van der Waals surface area contributed by atoms with Gasteiger partial charge in [0.15, 0.2) is 0 Å². The third kappa shape index (κ3) is 4.39.